The van der Waals surface area contributed by atoms with E-state index < -0.39 is 0 Å². The lowest BCUT2D eigenvalue weighted by molar-refractivity contribution is 0.0485. The van der Waals surface area contributed by atoms with E-state index in [1.165, 1.54) is 25.7 Å². The van der Waals surface area contributed by atoms with Gasteiger partial charge >= 0.3 is 0 Å². The van der Waals surface area contributed by atoms with Crippen molar-refractivity contribution in [2.75, 3.05) is 0 Å². The molecular weight excluding hydrogens is 276 g/mol. The second-order valence-electron chi connectivity index (χ2n) is 10.00. The predicted molar refractivity (Wildman–Crippen MR) is 99.4 cm³/mol. The van der Waals surface area contributed by atoms with E-state index in [2.05, 4.69) is 6.92 Å². The van der Waals surface area contributed by atoms with Crippen LogP contribution in [-0.4, -0.2) is 0 Å². The predicted octanol–water partition coefficient (Wildman–Crippen LogP) is 7.23. The molecule has 0 heteroatoms. The fourth-order valence-electron chi connectivity index (χ4n) is 7.58. The molecule has 4 aliphatic rings. The highest BCUT2D eigenvalue weighted by atomic mass is 14.4. The van der Waals surface area contributed by atoms with Gasteiger partial charge in [0.15, 0.2) is 0 Å². The molecule has 0 aromatic rings. The second kappa shape index (κ2) is 7.49. The van der Waals surface area contributed by atoms with E-state index in [0.29, 0.717) is 0 Å². The first-order valence-corrected chi connectivity index (χ1v) is 11.3. The molecule has 4 fully saturated rings. The molecule has 0 spiro atoms. The van der Waals surface area contributed by atoms with E-state index in [0.717, 1.165) is 41.4 Å². The Labute approximate surface area is 145 Å². The van der Waals surface area contributed by atoms with Crippen LogP contribution in [0.4, 0.5) is 0 Å². The third-order valence-electron chi connectivity index (χ3n) is 8.71. The van der Waals surface area contributed by atoms with E-state index in [4.69, 9.17) is 0 Å². The van der Waals surface area contributed by atoms with Gasteiger partial charge in [0, 0.05) is 0 Å². The summed E-state index contributed by atoms with van der Waals surface area (Å²) in [6.07, 6.45) is 23.5. The fourth-order valence-corrected chi connectivity index (χ4v) is 7.58. The smallest absolute Gasteiger partial charge is 0.0355 e. The minimum Gasteiger partial charge on any atom is -0.0622 e. The van der Waals surface area contributed by atoms with Crippen LogP contribution in [0.15, 0.2) is 0 Å². The Morgan fingerprint density at radius 2 is 1.35 bits per heavy atom. The van der Waals surface area contributed by atoms with Gasteiger partial charge in [0.1, 0.15) is 0 Å². The molecule has 132 valence electrons. The highest BCUT2D eigenvalue weighted by Crippen LogP contribution is 2.49. The maximum absolute atomic E-state index is 2.65. The molecule has 0 heterocycles. The van der Waals surface area contributed by atoms with Crippen molar-refractivity contribution in [2.24, 2.45) is 41.4 Å². The summed E-state index contributed by atoms with van der Waals surface area (Å²) in [5, 5.41) is 0. The average molecular weight is 317 g/mol. The molecule has 4 rings (SSSR count). The van der Waals surface area contributed by atoms with Crippen LogP contribution in [0.5, 0.6) is 0 Å². The summed E-state index contributed by atoms with van der Waals surface area (Å²) in [6.45, 7) is 2.65. The Balaban J connectivity index is 1.33. The highest BCUT2D eigenvalue weighted by molar-refractivity contribution is 4.89. The van der Waals surface area contributed by atoms with Crippen molar-refractivity contribution in [1.29, 1.82) is 0 Å². The molecule has 0 aromatic carbocycles. The van der Waals surface area contributed by atoms with Gasteiger partial charge in [-0.2, -0.15) is 0 Å². The van der Waals surface area contributed by atoms with Crippen molar-refractivity contribution in [3.05, 3.63) is 0 Å². The maximum Gasteiger partial charge on any atom is -0.0355 e. The van der Waals surface area contributed by atoms with Crippen LogP contribution in [0.2, 0.25) is 0 Å². The Kier molecular flexibility index (Phi) is 5.36. The first-order valence-electron chi connectivity index (χ1n) is 11.3. The van der Waals surface area contributed by atoms with Crippen LogP contribution in [0.1, 0.15) is 103 Å². The Morgan fingerprint density at radius 1 is 0.652 bits per heavy atom. The van der Waals surface area contributed by atoms with Gasteiger partial charge < -0.3 is 0 Å². The van der Waals surface area contributed by atoms with Crippen LogP contribution in [-0.2, 0) is 0 Å². The second-order valence-corrected chi connectivity index (χ2v) is 10.00. The molecular formula is C23H40. The quantitative estimate of drug-likeness (QED) is 0.515. The summed E-state index contributed by atoms with van der Waals surface area (Å²) >= 11 is 0. The molecule has 0 bridgehead atoms. The Bertz CT molecular complexity index is 370. The fraction of sp³-hybridized carbons (Fsp3) is 1.00. The Morgan fingerprint density at radius 3 is 2.22 bits per heavy atom. The zero-order valence-electron chi connectivity index (χ0n) is 15.6. The van der Waals surface area contributed by atoms with Gasteiger partial charge in [-0.25, -0.2) is 0 Å². The van der Waals surface area contributed by atoms with Crippen LogP contribution >= 0.6 is 0 Å². The first-order chi connectivity index (χ1) is 11.3. The maximum atomic E-state index is 2.65. The molecule has 0 aromatic heterocycles. The molecule has 0 radical (unpaired) electrons. The largest absolute Gasteiger partial charge is 0.0622 e. The molecule has 0 saturated heterocycles. The van der Waals surface area contributed by atoms with Crippen molar-refractivity contribution < 1.29 is 0 Å². The molecule has 7 unspecified atom stereocenters. The first kappa shape index (κ1) is 16.5. The van der Waals surface area contributed by atoms with E-state index in [1.54, 1.807) is 70.6 Å². The van der Waals surface area contributed by atoms with Gasteiger partial charge in [-0.3, -0.25) is 0 Å². The molecule has 4 aliphatic carbocycles. The monoisotopic (exact) mass is 316 g/mol. The molecule has 0 amide bonds. The topological polar surface area (TPSA) is 0 Å². The number of hydrogen-bond acceptors (Lipinski definition) is 0. The normalized spacial score (nSPS) is 45.8. The summed E-state index contributed by atoms with van der Waals surface area (Å²) in [4.78, 5) is 0. The SMILES string of the molecule is CC(CC1CCC2CCCCC2C1)C1CCCC2CCCCC21. The molecule has 7 atom stereocenters. The van der Waals surface area contributed by atoms with E-state index >= 15 is 0 Å². The molecule has 0 aliphatic heterocycles. The third-order valence-corrected chi connectivity index (χ3v) is 8.71. The zero-order chi connectivity index (χ0) is 15.6. The van der Waals surface area contributed by atoms with Crippen LogP contribution in [0, 0.1) is 41.4 Å². The lowest BCUT2D eigenvalue weighted by atomic mass is 9.60. The number of hydrogen-bond donors (Lipinski definition) is 0. The molecule has 23 heavy (non-hydrogen) atoms. The zero-order valence-corrected chi connectivity index (χ0v) is 15.6. The van der Waals surface area contributed by atoms with E-state index in [9.17, 15) is 0 Å². The van der Waals surface area contributed by atoms with Crippen molar-refractivity contribution >= 4 is 0 Å². The third kappa shape index (κ3) is 3.67. The summed E-state index contributed by atoms with van der Waals surface area (Å²) in [5.41, 5.74) is 0. The minimum absolute atomic E-state index is 1.02. The summed E-state index contributed by atoms with van der Waals surface area (Å²) in [6, 6.07) is 0. The van der Waals surface area contributed by atoms with Gasteiger partial charge in [0.05, 0.1) is 0 Å². The van der Waals surface area contributed by atoms with Gasteiger partial charge in [-0.1, -0.05) is 71.1 Å². The molecule has 4 saturated carbocycles. The summed E-state index contributed by atoms with van der Waals surface area (Å²) < 4.78 is 0. The van der Waals surface area contributed by atoms with E-state index in [1.807, 2.05) is 0 Å². The summed E-state index contributed by atoms with van der Waals surface area (Å²) in [7, 11) is 0. The lowest BCUT2D eigenvalue weighted by Crippen LogP contribution is -2.36. The number of rotatable bonds is 3. The Hall–Kier alpha value is 0. The van der Waals surface area contributed by atoms with Crippen LogP contribution < -0.4 is 0 Å². The van der Waals surface area contributed by atoms with Crippen molar-refractivity contribution in [1.82, 2.24) is 0 Å². The molecule has 0 nitrogen and oxygen atoms in total. The molecule has 0 N–H and O–H groups in total. The van der Waals surface area contributed by atoms with Crippen molar-refractivity contribution in [2.45, 2.75) is 103 Å². The van der Waals surface area contributed by atoms with Gasteiger partial charge in [-0.15, -0.1) is 0 Å². The van der Waals surface area contributed by atoms with Crippen LogP contribution in [0.3, 0.4) is 0 Å². The van der Waals surface area contributed by atoms with Crippen LogP contribution in [0.25, 0.3) is 0 Å². The lowest BCUT2D eigenvalue weighted by Gasteiger charge is -2.46. The van der Waals surface area contributed by atoms with Gasteiger partial charge in [0.25, 0.3) is 0 Å². The van der Waals surface area contributed by atoms with Gasteiger partial charge in [-0.05, 0) is 73.5 Å². The minimum atomic E-state index is 1.02. The summed E-state index contributed by atoms with van der Waals surface area (Å²) in [5.74, 6) is 7.71. The van der Waals surface area contributed by atoms with Crippen molar-refractivity contribution in [3.8, 4) is 0 Å². The standard InChI is InChI=1S/C23H40/c1-17(22-12-6-10-20-8-4-5-11-23(20)22)15-18-13-14-19-7-2-3-9-21(19)16-18/h17-23H,2-16H2,1H3. The number of fused-ring (bicyclic) bond motifs is 2. The highest BCUT2D eigenvalue weighted by Gasteiger charge is 2.39. The average Bonchev–Trinajstić information content (AvgIpc) is 2.61. The van der Waals surface area contributed by atoms with E-state index in [-0.39, 0.29) is 0 Å². The van der Waals surface area contributed by atoms with Gasteiger partial charge in [0.2, 0.25) is 0 Å². The van der Waals surface area contributed by atoms with Crippen molar-refractivity contribution in [3.63, 3.8) is 0 Å².